The third-order valence-electron chi connectivity index (χ3n) is 3.15. The van der Waals surface area contributed by atoms with Crippen LogP contribution in [0.5, 0.6) is 0 Å². The number of carbonyl (C=O) groups is 1. The summed E-state index contributed by atoms with van der Waals surface area (Å²) in [6.45, 7) is 0. The van der Waals surface area contributed by atoms with Crippen molar-refractivity contribution in [2.45, 2.75) is 0 Å². The van der Waals surface area contributed by atoms with Crippen molar-refractivity contribution in [3.63, 3.8) is 0 Å². The molecule has 4 nitrogen and oxygen atoms in total. The first-order chi connectivity index (χ1) is 9.20. The molecular formula is C15H12N2O2. The lowest BCUT2D eigenvalue weighted by atomic mass is 10.0. The van der Waals surface area contributed by atoms with E-state index in [4.69, 9.17) is 5.73 Å². The number of nitrogens with two attached hydrogens (primary N) is 1. The Balaban J connectivity index is 2.44. The molecule has 1 aromatic carbocycles. The molecule has 2 aromatic heterocycles. The second-order valence-corrected chi connectivity index (χ2v) is 4.26. The first-order valence-electron chi connectivity index (χ1n) is 5.87. The fourth-order valence-corrected chi connectivity index (χ4v) is 2.34. The minimum Gasteiger partial charge on any atom is -0.477 e. The average Bonchev–Trinajstić information content (AvgIpc) is 2.74. The molecule has 2 heterocycles. The Kier molecular flexibility index (Phi) is 2.49. The van der Waals surface area contributed by atoms with Crippen LogP contribution >= 0.6 is 0 Å². The van der Waals surface area contributed by atoms with Gasteiger partial charge < -0.3 is 15.2 Å². The third kappa shape index (κ3) is 1.65. The molecule has 0 spiro atoms. The van der Waals surface area contributed by atoms with Gasteiger partial charge in [0, 0.05) is 11.8 Å². The number of nitrogen functional groups attached to an aromatic ring is 1. The van der Waals surface area contributed by atoms with Gasteiger partial charge in [-0.1, -0.05) is 36.4 Å². The molecule has 0 fully saturated rings. The number of rotatable bonds is 2. The monoisotopic (exact) mass is 252 g/mol. The van der Waals surface area contributed by atoms with Gasteiger partial charge in [-0.25, -0.2) is 4.79 Å². The standard InChI is InChI=1S/C15H12N2O2/c16-13-11-8-4-5-9-17(11)14(15(18)19)12(13)10-6-2-1-3-7-10/h1-9H,16H2,(H,18,19). The molecule has 0 aliphatic rings. The largest absolute Gasteiger partial charge is 0.477 e. The van der Waals surface area contributed by atoms with Crippen molar-refractivity contribution in [1.29, 1.82) is 0 Å². The molecule has 0 saturated heterocycles. The SMILES string of the molecule is Nc1c(-c2ccccc2)c(C(=O)O)n2ccccc12. The Hall–Kier alpha value is -2.75. The number of hydrogen-bond acceptors (Lipinski definition) is 2. The summed E-state index contributed by atoms with van der Waals surface area (Å²) in [6.07, 6.45) is 1.71. The van der Waals surface area contributed by atoms with Crippen LogP contribution in [0.15, 0.2) is 54.7 Å². The minimum atomic E-state index is -0.989. The normalized spacial score (nSPS) is 10.7. The highest BCUT2D eigenvalue weighted by Crippen LogP contribution is 2.35. The maximum atomic E-state index is 11.5. The van der Waals surface area contributed by atoms with E-state index in [0.717, 1.165) is 5.56 Å². The molecular weight excluding hydrogens is 240 g/mol. The third-order valence-corrected chi connectivity index (χ3v) is 3.15. The fourth-order valence-electron chi connectivity index (χ4n) is 2.34. The first-order valence-corrected chi connectivity index (χ1v) is 5.87. The van der Waals surface area contributed by atoms with Crippen LogP contribution in [0.25, 0.3) is 16.6 Å². The molecule has 0 unspecified atom stereocenters. The van der Waals surface area contributed by atoms with Gasteiger partial charge in [-0.2, -0.15) is 0 Å². The van der Waals surface area contributed by atoms with Gasteiger partial charge in [-0.05, 0) is 17.7 Å². The predicted molar refractivity (Wildman–Crippen MR) is 74.2 cm³/mol. The number of anilines is 1. The zero-order valence-corrected chi connectivity index (χ0v) is 10.1. The van der Waals surface area contributed by atoms with E-state index in [1.54, 1.807) is 16.7 Å². The Labute approximate surface area is 109 Å². The van der Waals surface area contributed by atoms with Crippen molar-refractivity contribution in [3.05, 3.63) is 60.4 Å². The molecule has 0 atom stereocenters. The van der Waals surface area contributed by atoms with Gasteiger partial charge in [0.1, 0.15) is 5.69 Å². The Bertz CT molecular complexity index is 760. The average molecular weight is 252 g/mol. The lowest BCUT2D eigenvalue weighted by Crippen LogP contribution is -2.03. The van der Waals surface area contributed by atoms with E-state index in [1.165, 1.54) is 0 Å². The molecule has 0 saturated carbocycles. The highest BCUT2D eigenvalue weighted by molar-refractivity contribution is 6.04. The molecule has 0 bridgehead atoms. The quantitative estimate of drug-likeness (QED) is 0.736. The van der Waals surface area contributed by atoms with Crippen molar-refractivity contribution >= 4 is 17.2 Å². The fraction of sp³-hybridized carbons (Fsp3) is 0. The Morgan fingerprint density at radius 2 is 1.74 bits per heavy atom. The zero-order valence-electron chi connectivity index (χ0n) is 10.1. The second kappa shape index (κ2) is 4.17. The topological polar surface area (TPSA) is 67.7 Å². The molecule has 0 amide bonds. The maximum Gasteiger partial charge on any atom is 0.353 e. The van der Waals surface area contributed by atoms with Gasteiger partial charge in [-0.3, -0.25) is 0 Å². The van der Waals surface area contributed by atoms with E-state index in [-0.39, 0.29) is 5.69 Å². The van der Waals surface area contributed by atoms with Crippen LogP contribution in [0.3, 0.4) is 0 Å². The summed E-state index contributed by atoms with van der Waals surface area (Å²) < 4.78 is 1.61. The molecule has 0 radical (unpaired) electrons. The summed E-state index contributed by atoms with van der Waals surface area (Å²) in [7, 11) is 0. The number of carboxylic acid groups (broad SMARTS) is 1. The first kappa shape index (κ1) is 11.3. The van der Waals surface area contributed by atoms with E-state index < -0.39 is 5.97 Å². The highest BCUT2D eigenvalue weighted by Gasteiger charge is 2.21. The second-order valence-electron chi connectivity index (χ2n) is 4.26. The summed E-state index contributed by atoms with van der Waals surface area (Å²) in [4.78, 5) is 11.5. The van der Waals surface area contributed by atoms with Crippen LogP contribution in [0.1, 0.15) is 10.5 Å². The van der Waals surface area contributed by atoms with Gasteiger partial charge in [0.2, 0.25) is 0 Å². The van der Waals surface area contributed by atoms with E-state index in [9.17, 15) is 9.90 Å². The number of carboxylic acids is 1. The van der Waals surface area contributed by atoms with Gasteiger partial charge in [-0.15, -0.1) is 0 Å². The summed E-state index contributed by atoms with van der Waals surface area (Å²) in [6, 6.07) is 14.8. The molecule has 0 aliphatic carbocycles. The maximum absolute atomic E-state index is 11.5. The molecule has 0 aliphatic heterocycles. The van der Waals surface area contributed by atoms with E-state index in [2.05, 4.69) is 0 Å². The lowest BCUT2D eigenvalue weighted by Gasteiger charge is -2.02. The van der Waals surface area contributed by atoms with Crippen LogP contribution in [-0.2, 0) is 0 Å². The number of pyridine rings is 1. The number of aromatic carboxylic acids is 1. The summed E-state index contributed by atoms with van der Waals surface area (Å²) in [5, 5.41) is 9.46. The molecule has 19 heavy (non-hydrogen) atoms. The van der Waals surface area contributed by atoms with Crippen LogP contribution in [0.2, 0.25) is 0 Å². The highest BCUT2D eigenvalue weighted by atomic mass is 16.4. The molecule has 3 rings (SSSR count). The van der Waals surface area contributed by atoms with Crippen LogP contribution < -0.4 is 5.73 Å². The van der Waals surface area contributed by atoms with Crippen molar-refractivity contribution in [2.75, 3.05) is 5.73 Å². The van der Waals surface area contributed by atoms with Gasteiger partial charge >= 0.3 is 5.97 Å². The van der Waals surface area contributed by atoms with Crippen molar-refractivity contribution in [1.82, 2.24) is 4.40 Å². The smallest absolute Gasteiger partial charge is 0.353 e. The molecule has 94 valence electrons. The number of nitrogens with zero attached hydrogens (tertiary/aromatic N) is 1. The van der Waals surface area contributed by atoms with Crippen LogP contribution in [-0.4, -0.2) is 15.5 Å². The van der Waals surface area contributed by atoms with Gasteiger partial charge in [0.15, 0.2) is 0 Å². The number of aromatic nitrogens is 1. The van der Waals surface area contributed by atoms with E-state index >= 15 is 0 Å². The van der Waals surface area contributed by atoms with E-state index in [0.29, 0.717) is 16.8 Å². The number of fused-ring (bicyclic) bond motifs is 1. The molecule has 4 heteroatoms. The molecule has 3 aromatic rings. The Morgan fingerprint density at radius 3 is 2.42 bits per heavy atom. The molecule has 3 N–H and O–H groups in total. The van der Waals surface area contributed by atoms with Crippen LogP contribution in [0, 0.1) is 0 Å². The summed E-state index contributed by atoms with van der Waals surface area (Å²) in [5.74, 6) is -0.989. The summed E-state index contributed by atoms with van der Waals surface area (Å²) in [5.41, 5.74) is 8.89. The number of hydrogen-bond donors (Lipinski definition) is 2. The summed E-state index contributed by atoms with van der Waals surface area (Å²) >= 11 is 0. The van der Waals surface area contributed by atoms with Crippen molar-refractivity contribution < 1.29 is 9.90 Å². The van der Waals surface area contributed by atoms with Crippen molar-refractivity contribution in [2.24, 2.45) is 0 Å². The van der Waals surface area contributed by atoms with Crippen LogP contribution in [0.4, 0.5) is 5.69 Å². The predicted octanol–water partition coefficient (Wildman–Crippen LogP) is 2.89. The van der Waals surface area contributed by atoms with Gasteiger partial charge in [0.05, 0.1) is 11.2 Å². The zero-order chi connectivity index (χ0) is 13.4. The lowest BCUT2D eigenvalue weighted by molar-refractivity contribution is 0.0690. The van der Waals surface area contributed by atoms with Gasteiger partial charge in [0.25, 0.3) is 0 Å². The number of benzene rings is 1. The Morgan fingerprint density at radius 1 is 1.05 bits per heavy atom. The van der Waals surface area contributed by atoms with Crippen molar-refractivity contribution in [3.8, 4) is 11.1 Å². The minimum absolute atomic E-state index is 0.194. The van der Waals surface area contributed by atoms with E-state index in [1.807, 2.05) is 42.5 Å².